The second-order valence-corrected chi connectivity index (χ2v) is 3.60. The predicted octanol–water partition coefficient (Wildman–Crippen LogP) is 2.77. The van der Waals surface area contributed by atoms with E-state index in [0.717, 1.165) is 0 Å². The third-order valence-electron chi connectivity index (χ3n) is 1.92. The topological polar surface area (TPSA) is 53.1 Å². The lowest BCUT2D eigenvalue weighted by Gasteiger charge is -1.94. The third-order valence-corrected chi connectivity index (χ3v) is 2.73. The van der Waals surface area contributed by atoms with E-state index in [2.05, 4.69) is 20.9 Å². The number of rotatable bonds is 1. The van der Waals surface area contributed by atoms with Crippen molar-refractivity contribution in [1.29, 1.82) is 0 Å². The average molecular weight is 258 g/mol. The molecule has 72 valence electrons. The number of hydrogen-bond donors (Lipinski definition) is 2. The Morgan fingerprint density at radius 2 is 2.21 bits per heavy atom. The van der Waals surface area contributed by atoms with Crippen LogP contribution in [0.15, 0.2) is 22.7 Å². The van der Waals surface area contributed by atoms with Gasteiger partial charge in [0, 0.05) is 10.9 Å². The maximum absolute atomic E-state index is 13.1. The van der Waals surface area contributed by atoms with E-state index in [4.69, 9.17) is 5.11 Å². The number of benzene rings is 1. The molecular weight excluding hydrogens is 253 g/mol. The molecule has 0 atom stereocenters. The zero-order valence-corrected chi connectivity index (χ0v) is 8.43. The Kier molecular flexibility index (Phi) is 2.03. The minimum absolute atomic E-state index is 0.0475. The fraction of sp³-hybridized carbons (Fsp3) is 0. The van der Waals surface area contributed by atoms with Crippen molar-refractivity contribution in [3.63, 3.8) is 0 Å². The molecule has 0 aliphatic carbocycles. The highest BCUT2D eigenvalue weighted by Crippen LogP contribution is 2.27. The Balaban J connectivity index is 2.77. The number of aromatic nitrogens is 1. The lowest BCUT2D eigenvalue weighted by atomic mass is 10.2. The van der Waals surface area contributed by atoms with Crippen molar-refractivity contribution >= 4 is 32.8 Å². The summed E-state index contributed by atoms with van der Waals surface area (Å²) in [6, 6.07) is 4.17. The van der Waals surface area contributed by atoms with Crippen LogP contribution in [0.5, 0.6) is 0 Å². The van der Waals surface area contributed by atoms with E-state index < -0.39 is 11.8 Å². The Morgan fingerprint density at radius 1 is 1.50 bits per heavy atom. The first-order valence-electron chi connectivity index (χ1n) is 3.79. The van der Waals surface area contributed by atoms with E-state index in [-0.39, 0.29) is 10.2 Å². The fourth-order valence-electron chi connectivity index (χ4n) is 1.26. The molecule has 3 nitrogen and oxygen atoms in total. The number of aromatic amines is 1. The largest absolute Gasteiger partial charge is 0.477 e. The molecule has 0 bridgehead atoms. The first-order chi connectivity index (χ1) is 6.59. The van der Waals surface area contributed by atoms with Crippen LogP contribution in [0.2, 0.25) is 0 Å². The van der Waals surface area contributed by atoms with E-state index in [9.17, 15) is 9.18 Å². The molecule has 2 aromatic rings. The first-order valence-corrected chi connectivity index (χ1v) is 4.59. The normalized spacial score (nSPS) is 10.7. The Bertz CT molecular complexity index is 521. The molecule has 0 aliphatic rings. The molecule has 1 heterocycles. The lowest BCUT2D eigenvalue weighted by Crippen LogP contribution is -1.94. The summed E-state index contributed by atoms with van der Waals surface area (Å²) in [6.07, 6.45) is 0. The van der Waals surface area contributed by atoms with Gasteiger partial charge in [-0.2, -0.15) is 0 Å². The SMILES string of the molecule is O=C(O)c1cc2c(Br)c(F)ccc2[nH]1. The van der Waals surface area contributed by atoms with Crippen LogP contribution in [0.1, 0.15) is 10.5 Å². The van der Waals surface area contributed by atoms with E-state index in [0.29, 0.717) is 10.9 Å². The summed E-state index contributed by atoms with van der Waals surface area (Å²) < 4.78 is 13.3. The highest BCUT2D eigenvalue weighted by Gasteiger charge is 2.11. The summed E-state index contributed by atoms with van der Waals surface area (Å²) in [4.78, 5) is 13.3. The molecular formula is C9H5BrFNO2. The Hall–Kier alpha value is -1.36. The van der Waals surface area contributed by atoms with Crippen molar-refractivity contribution in [3.8, 4) is 0 Å². The van der Waals surface area contributed by atoms with Gasteiger partial charge in [-0.25, -0.2) is 9.18 Å². The zero-order chi connectivity index (χ0) is 10.3. The van der Waals surface area contributed by atoms with Crippen LogP contribution in [0.4, 0.5) is 4.39 Å². The van der Waals surface area contributed by atoms with Crippen LogP contribution in [-0.4, -0.2) is 16.1 Å². The number of hydrogen-bond acceptors (Lipinski definition) is 1. The van der Waals surface area contributed by atoms with E-state index in [1.165, 1.54) is 18.2 Å². The number of carboxylic acids is 1. The van der Waals surface area contributed by atoms with Gasteiger partial charge in [0.2, 0.25) is 0 Å². The quantitative estimate of drug-likeness (QED) is 0.826. The molecule has 1 aromatic heterocycles. The van der Waals surface area contributed by atoms with Gasteiger partial charge in [0.05, 0.1) is 4.47 Å². The molecule has 0 unspecified atom stereocenters. The number of carbonyl (C=O) groups is 1. The van der Waals surface area contributed by atoms with Crippen LogP contribution in [0, 0.1) is 5.82 Å². The predicted molar refractivity (Wildman–Crippen MR) is 52.9 cm³/mol. The van der Waals surface area contributed by atoms with Crippen molar-refractivity contribution in [1.82, 2.24) is 4.98 Å². The van der Waals surface area contributed by atoms with Gasteiger partial charge in [0.15, 0.2) is 0 Å². The van der Waals surface area contributed by atoms with Crippen LogP contribution >= 0.6 is 15.9 Å². The van der Waals surface area contributed by atoms with Gasteiger partial charge < -0.3 is 10.1 Å². The number of carboxylic acid groups (broad SMARTS) is 1. The zero-order valence-electron chi connectivity index (χ0n) is 6.84. The first kappa shape index (κ1) is 9.21. The van der Waals surface area contributed by atoms with Crippen molar-refractivity contribution in [2.75, 3.05) is 0 Å². The standard InChI is InChI=1S/C9H5BrFNO2/c10-8-4-3-7(9(13)14)12-6(4)2-1-5(8)11/h1-3,12H,(H,13,14). The number of nitrogens with one attached hydrogen (secondary N) is 1. The summed E-state index contributed by atoms with van der Waals surface area (Å²) in [5.41, 5.74) is 0.641. The fourth-order valence-corrected chi connectivity index (χ4v) is 1.72. The minimum atomic E-state index is -1.06. The molecule has 0 saturated carbocycles. The van der Waals surface area contributed by atoms with Crippen LogP contribution in [-0.2, 0) is 0 Å². The summed E-state index contributed by atoms with van der Waals surface area (Å²) in [5, 5.41) is 9.24. The second-order valence-electron chi connectivity index (χ2n) is 2.81. The van der Waals surface area contributed by atoms with Crippen molar-refractivity contribution in [2.24, 2.45) is 0 Å². The van der Waals surface area contributed by atoms with Gasteiger partial charge in [-0.1, -0.05) is 0 Å². The summed E-state index contributed by atoms with van der Waals surface area (Å²) >= 11 is 3.06. The average Bonchev–Trinajstić information content (AvgIpc) is 2.56. The van der Waals surface area contributed by atoms with Gasteiger partial charge in [0.25, 0.3) is 0 Å². The van der Waals surface area contributed by atoms with Crippen molar-refractivity contribution < 1.29 is 14.3 Å². The molecule has 0 fully saturated rings. The molecule has 1 aromatic carbocycles. The van der Waals surface area contributed by atoms with Crippen LogP contribution in [0.25, 0.3) is 10.9 Å². The van der Waals surface area contributed by atoms with E-state index in [1.807, 2.05) is 0 Å². The monoisotopic (exact) mass is 257 g/mol. The van der Waals surface area contributed by atoms with E-state index >= 15 is 0 Å². The number of aromatic carboxylic acids is 1. The molecule has 2 rings (SSSR count). The summed E-state index contributed by atoms with van der Waals surface area (Å²) in [6.45, 7) is 0. The highest BCUT2D eigenvalue weighted by molar-refractivity contribution is 9.10. The second kappa shape index (κ2) is 3.09. The van der Waals surface area contributed by atoms with Gasteiger partial charge >= 0.3 is 5.97 Å². The molecule has 0 amide bonds. The van der Waals surface area contributed by atoms with Gasteiger partial charge in [0.1, 0.15) is 11.5 Å². The van der Waals surface area contributed by atoms with Gasteiger partial charge in [-0.15, -0.1) is 0 Å². The molecule has 0 radical (unpaired) electrons. The van der Waals surface area contributed by atoms with Crippen molar-refractivity contribution in [3.05, 3.63) is 34.2 Å². The summed E-state index contributed by atoms with van der Waals surface area (Å²) in [5.74, 6) is -1.47. The van der Waals surface area contributed by atoms with Gasteiger partial charge in [-0.05, 0) is 34.1 Å². The third kappa shape index (κ3) is 1.29. The molecule has 5 heteroatoms. The van der Waals surface area contributed by atoms with Crippen molar-refractivity contribution in [2.45, 2.75) is 0 Å². The number of halogens is 2. The van der Waals surface area contributed by atoms with Crippen LogP contribution in [0.3, 0.4) is 0 Å². The lowest BCUT2D eigenvalue weighted by molar-refractivity contribution is 0.0691. The van der Waals surface area contributed by atoms with Crippen LogP contribution < -0.4 is 0 Å². The number of H-pyrrole nitrogens is 1. The smallest absolute Gasteiger partial charge is 0.352 e. The maximum Gasteiger partial charge on any atom is 0.352 e. The molecule has 0 spiro atoms. The highest BCUT2D eigenvalue weighted by atomic mass is 79.9. The summed E-state index contributed by atoms with van der Waals surface area (Å²) in [7, 11) is 0. The van der Waals surface area contributed by atoms with Gasteiger partial charge in [-0.3, -0.25) is 0 Å². The Morgan fingerprint density at radius 3 is 2.86 bits per heavy atom. The maximum atomic E-state index is 13.1. The molecule has 2 N–H and O–H groups in total. The molecule has 14 heavy (non-hydrogen) atoms. The van der Waals surface area contributed by atoms with E-state index in [1.54, 1.807) is 0 Å². The molecule has 0 saturated heterocycles. The molecule has 0 aliphatic heterocycles. The minimum Gasteiger partial charge on any atom is -0.477 e. The number of fused-ring (bicyclic) bond motifs is 1. The Labute approximate surface area is 86.7 Å².